The first-order valence-electron chi connectivity index (χ1n) is 14.3. The number of nitrogens with two attached hydrogens (primary N) is 1. The molecule has 1 aliphatic rings. The second kappa shape index (κ2) is 12.9. The summed E-state index contributed by atoms with van der Waals surface area (Å²) in [6, 6.07) is 16.9. The van der Waals surface area contributed by atoms with Gasteiger partial charge < -0.3 is 5.73 Å². The van der Waals surface area contributed by atoms with Crippen LogP contribution in [0.5, 0.6) is 0 Å². The molecule has 200 valence electrons. The van der Waals surface area contributed by atoms with E-state index in [0.29, 0.717) is 17.7 Å². The number of H-pyrrole nitrogens is 1. The van der Waals surface area contributed by atoms with Crippen LogP contribution in [0.3, 0.4) is 0 Å². The molecule has 0 saturated heterocycles. The molecule has 0 unspecified atom stereocenters. The molecule has 5 rings (SSSR count). The average Bonchev–Trinajstić information content (AvgIpc) is 3.63. The van der Waals surface area contributed by atoms with Crippen molar-refractivity contribution >= 4 is 0 Å². The Balaban J connectivity index is 1.32. The Labute approximate surface area is 225 Å². The van der Waals surface area contributed by atoms with Crippen molar-refractivity contribution in [2.24, 2.45) is 17.6 Å². The molecule has 0 aliphatic heterocycles. The molecule has 1 saturated carbocycles. The molecular weight excluding hydrogens is 472 g/mol. The van der Waals surface area contributed by atoms with Crippen molar-refractivity contribution in [3.63, 3.8) is 0 Å². The van der Waals surface area contributed by atoms with Crippen molar-refractivity contribution in [2.45, 2.75) is 77.7 Å². The Kier molecular flexibility index (Phi) is 8.91. The monoisotopic (exact) mass is 512 g/mol. The van der Waals surface area contributed by atoms with Crippen LogP contribution in [-0.4, -0.2) is 41.9 Å². The highest BCUT2D eigenvalue weighted by atomic mass is 15.5. The summed E-state index contributed by atoms with van der Waals surface area (Å²) < 4.78 is 2.16. The molecule has 1 aliphatic carbocycles. The lowest BCUT2D eigenvalue weighted by atomic mass is 9.80. The van der Waals surface area contributed by atoms with Crippen LogP contribution >= 0.6 is 0 Å². The minimum atomic E-state index is 0.670. The zero-order valence-corrected chi connectivity index (χ0v) is 22.5. The number of aromatic nitrogens is 7. The quantitative estimate of drug-likeness (QED) is 0.239. The predicted octanol–water partition coefficient (Wildman–Crippen LogP) is 5.60. The molecule has 0 spiro atoms. The molecule has 8 nitrogen and oxygen atoms in total. The lowest BCUT2D eigenvalue weighted by Crippen LogP contribution is -2.23. The summed E-state index contributed by atoms with van der Waals surface area (Å²) in [7, 11) is 0. The molecule has 8 heteroatoms. The van der Waals surface area contributed by atoms with Crippen molar-refractivity contribution in [1.82, 2.24) is 35.4 Å². The van der Waals surface area contributed by atoms with Gasteiger partial charge in [0.15, 0.2) is 11.6 Å². The molecule has 0 amide bonds. The van der Waals surface area contributed by atoms with Gasteiger partial charge in [-0.25, -0.2) is 14.8 Å². The van der Waals surface area contributed by atoms with E-state index < -0.39 is 0 Å². The highest BCUT2D eigenvalue weighted by Crippen LogP contribution is 2.31. The van der Waals surface area contributed by atoms with Gasteiger partial charge in [0.25, 0.3) is 0 Å². The minimum Gasteiger partial charge on any atom is -0.330 e. The number of hydrogen-bond donors (Lipinski definition) is 2. The van der Waals surface area contributed by atoms with E-state index in [2.05, 4.69) is 62.6 Å². The van der Waals surface area contributed by atoms with E-state index in [1.54, 1.807) is 0 Å². The normalized spacial score (nSPS) is 17.6. The smallest absolute Gasteiger partial charge is 0.180 e. The largest absolute Gasteiger partial charge is 0.330 e. The van der Waals surface area contributed by atoms with Crippen LogP contribution in [0.2, 0.25) is 0 Å². The third-order valence-corrected chi connectivity index (χ3v) is 7.94. The molecule has 4 aromatic rings. The molecule has 0 bridgehead atoms. The number of benzene rings is 2. The van der Waals surface area contributed by atoms with Gasteiger partial charge in [-0.2, -0.15) is 5.10 Å². The highest BCUT2D eigenvalue weighted by molar-refractivity contribution is 5.80. The first-order chi connectivity index (χ1) is 18.7. The lowest BCUT2D eigenvalue weighted by molar-refractivity contribution is 0.273. The molecule has 2 aromatic heterocycles. The minimum absolute atomic E-state index is 0.670. The van der Waals surface area contributed by atoms with E-state index in [1.807, 2.05) is 18.2 Å². The van der Waals surface area contributed by atoms with E-state index in [1.165, 1.54) is 50.5 Å². The summed E-state index contributed by atoms with van der Waals surface area (Å²) >= 11 is 0. The molecule has 0 atom stereocenters. The molecule has 2 heterocycles. The standard InChI is InChI=1S/C30H40N8/c1-2-3-4-5-10-28-32-29(19-22-11-13-23(20-31)14-12-22)38(35-28)21-24-15-17-25(18-16-24)26-8-6-7-9-27(26)30-33-36-37-34-30/h6-9,15-18,22-23H,2-5,10-14,19-21,31H2,1H3,(H,33,34,36,37). The molecule has 0 radical (unpaired) electrons. The first-order valence-corrected chi connectivity index (χ1v) is 14.3. The van der Waals surface area contributed by atoms with Crippen molar-refractivity contribution in [3.05, 3.63) is 65.7 Å². The maximum absolute atomic E-state index is 5.93. The van der Waals surface area contributed by atoms with Crippen LogP contribution in [0, 0.1) is 11.8 Å². The van der Waals surface area contributed by atoms with E-state index in [4.69, 9.17) is 15.8 Å². The van der Waals surface area contributed by atoms with Gasteiger partial charge in [-0.3, -0.25) is 0 Å². The fourth-order valence-corrected chi connectivity index (χ4v) is 5.63. The number of rotatable bonds is 12. The average molecular weight is 513 g/mol. The van der Waals surface area contributed by atoms with Crippen molar-refractivity contribution in [2.75, 3.05) is 6.54 Å². The Morgan fingerprint density at radius 1 is 0.921 bits per heavy atom. The summed E-state index contributed by atoms with van der Waals surface area (Å²) in [4.78, 5) is 5.05. The van der Waals surface area contributed by atoms with Gasteiger partial charge in [-0.15, -0.1) is 5.10 Å². The SMILES string of the molecule is CCCCCCc1nc(CC2CCC(CN)CC2)n(Cc2ccc(-c3ccccc3-c3nnn[nH]3)cc2)n1. The molecule has 3 N–H and O–H groups in total. The number of hydrogen-bond acceptors (Lipinski definition) is 6. The summed E-state index contributed by atoms with van der Waals surface area (Å²) in [6.45, 7) is 3.81. The number of aryl methyl sites for hydroxylation is 1. The van der Waals surface area contributed by atoms with Crippen LogP contribution in [0.15, 0.2) is 48.5 Å². The van der Waals surface area contributed by atoms with E-state index in [-0.39, 0.29) is 0 Å². The topological polar surface area (TPSA) is 111 Å². The third-order valence-electron chi connectivity index (χ3n) is 7.94. The lowest BCUT2D eigenvalue weighted by Gasteiger charge is -2.27. The van der Waals surface area contributed by atoms with E-state index in [9.17, 15) is 0 Å². The summed E-state index contributed by atoms with van der Waals surface area (Å²) in [6.07, 6.45) is 11.9. The van der Waals surface area contributed by atoms with Gasteiger partial charge in [0.2, 0.25) is 0 Å². The molecular formula is C30H40N8. The fraction of sp³-hybridized carbons (Fsp3) is 0.500. The van der Waals surface area contributed by atoms with Gasteiger partial charge in [-0.1, -0.05) is 74.7 Å². The zero-order valence-electron chi connectivity index (χ0n) is 22.5. The Hall–Kier alpha value is -3.39. The number of nitrogens with one attached hydrogen (secondary N) is 1. The number of tetrazole rings is 1. The molecule has 38 heavy (non-hydrogen) atoms. The number of aromatic amines is 1. The van der Waals surface area contributed by atoms with E-state index in [0.717, 1.165) is 60.7 Å². The first kappa shape index (κ1) is 26.2. The number of unbranched alkanes of at least 4 members (excludes halogenated alkanes) is 3. The van der Waals surface area contributed by atoms with Crippen LogP contribution in [0.1, 0.15) is 75.5 Å². The highest BCUT2D eigenvalue weighted by Gasteiger charge is 2.23. The Bertz CT molecular complexity index is 1250. The van der Waals surface area contributed by atoms with Crippen molar-refractivity contribution in [3.8, 4) is 22.5 Å². The van der Waals surface area contributed by atoms with Gasteiger partial charge in [-0.05, 0) is 77.6 Å². The zero-order chi connectivity index (χ0) is 26.2. The van der Waals surface area contributed by atoms with Crippen molar-refractivity contribution < 1.29 is 0 Å². The molecule has 1 fully saturated rings. The summed E-state index contributed by atoms with van der Waals surface area (Å²) in [5, 5.41) is 19.5. The van der Waals surface area contributed by atoms with Crippen LogP contribution in [0.25, 0.3) is 22.5 Å². The second-order valence-electron chi connectivity index (χ2n) is 10.7. The molecule has 2 aromatic carbocycles. The maximum Gasteiger partial charge on any atom is 0.180 e. The van der Waals surface area contributed by atoms with Gasteiger partial charge in [0, 0.05) is 18.4 Å². The summed E-state index contributed by atoms with van der Waals surface area (Å²) in [5.74, 6) is 4.18. The number of nitrogens with zero attached hydrogens (tertiary/aromatic N) is 6. The van der Waals surface area contributed by atoms with Gasteiger partial charge in [0.05, 0.1) is 6.54 Å². The Morgan fingerprint density at radius 2 is 1.68 bits per heavy atom. The van der Waals surface area contributed by atoms with E-state index >= 15 is 0 Å². The van der Waals surface area contributed by atoms with Crippen LogP contribution in [-0.2, 0) is 19.4 Å². The Morgan fingerprint density at radius 3 is 2.39 bits per heavy atom. The van der Waals surface area contributed by atoms with Crippen molar-refractivity contribution in [1.29, 1.82) is 0 Å². The fourth-order valence-electron chi connectivity index (χ4n) is 5.63. The van der Waals surface area contributed by atoms with Crippen LogP contribution in [0.4, 0.5) is 0 Å². The predicted molar refractivity (Wildman–Crippen MR) is 150 cm³/mol. The van der Waals surface area contributed by atoms with Gasteiger partial charge >= 0.3 is 0 Å². The second-order valence-corrected chi connectivity index (χ2v) is 10.7. The van der Waals surface area contributed by atoms with Crippen LogP contribution < -0.4 is 5.73 Å². The van der Waals surface area contributed by atoms with Gasteiger partial charge in [0.1, 0.15) is 5.82 Å². The maximum atomic E-state index is 5.93. The summed E-state index contributed by atoms with van der Waals surface area (Å²) in [5.41, 5.74) is 10.4. The third kappa shape index (κ3) is 6.54.